The van der Waals surface area contributed by atoms with Crippen LogP contribution < -0.4 is 4.74 Å². The first kappa shape index (κ1) is 11.5. The number of carboxylic acid groups (broad SMARTS) is 1. The molecular weight excluding hydrogens is 223 g/mol. The molecule has 0 heterocycles. The van der Waals surface area contributed by atoms with E-state index in [0.717, 1.165) is 12.1 Å². The van der Waals surface area contributed by atoms with Gasteiger partial charge in [-0.05, 0) is 24.3 Å². The Kier molecular flexibility index (Phi) is 4.12. The Morgan fingerprint density at radius 3 is 2.93 bits per heavy atom. The van der Waals surface area contributed by atoms with Gasteiger partial charge in [-0.25, -0.2) is 9.18 Å². The van der Waals surface area contributed by atoms with E-state index in [2.05, 4.69) is 0 Å². The second kappa shape index (κ2) is 5.36. The number of rotatable bonds is 4. The lowest BCUT2D eigenvalue weighted by molar-refractivity contribution is -0.131. The van der Waals surface area contributed by atoms with Gasteiger partial charge in [-0.2, -0.15) is 0 Å². The van der Waals surface area contributed by atoms with Crippen molar-refractivity contribution in [3.63, 3.8) is 0 Å². The van der Waals surface area contributed by atoms with Crippen molar-refractivity contribution in [3.05, 3.63) is 41.2 Å². The Morgan fingerprint density at radius 1 is 1.60 bits per heavy atom. The average Bonchev–Trinajstić information content (AvgIpc) is 2.14. The van der Waals surface area contributed by atoms with Crippen LogP contribution in [0, 0.1) is 5.82 Å². The SMILES string of the molecule is O=C(O)/C=C/COc1ccc(F)cc1Cl. The molecule has 0 bridgehead atoms. The van der Waals surface area contributed by atoms with E-state index in [1.807, 2.05) is 0 Å². The van der Waals surface area contributed by atoms with Crippen LogP contribution in [0.15, 0.2) is 30.4 Å². The molecule has 1 N–H and O–H groups in total. The van der Waals surface area contributed by atoms with Gasteiger partial charge in [0.05, 0.1) is 5.02 Å². The smallest absolute Gasteiger partial charge is 0.328 e. The van der Waals surface area contributed by atoms with Crippen LogP contribution in [0.3, 0.4) is 0 Å². The molecule has 3 nitrogen and oxygen atoms in total. The maximum Gasteiger partial charge on any atom is 0.328 e. The van der Waals surface area contributed by atoms with E-state index < -0.39 is 11.8 Å². The molecule has 0 unspecified atom stereocenters. The zero-order valence-electron chi connectivity index (χ0n) is 7.61. The molecule has 0 fully saturated rings. The summed E-state index contributed by atoms with van der Waals surface area (Å²) in [5.74, 6) is -1.19. The van der Waals surface area contributed by atoms with Crippen LogP contribution in [0.1, 0.15) is 0 Å². The van der Waals surface area contributed by atoms with Gasteiger partial charge in [0.15, 0.2) is 0 Å². The summed E-state index contributed by atoms with van der Waals surface area (Å²) in [5, 5.41) is 8.44. The van der Waals surface area contributed by atoms with E-state index in [1.165, 1.54) is 18.2 Å². The van der Waals surface area contributed by atoms with Crippen LogP contribution in [0.2, 0.25) is 5.02 Å². The Morgan fingerprint density at radius 2 is 2.33 bits per heavy atom. The van der Waals surface area contributed by atoms with E-state index in [1.54, 1.807) is 0 Å². The largest absolute Gasteiger partial charge is 0.488 e. The molecule has 0 aromatic heterocycles. The van der Waals surface area contributed by atoms with Crippen molar-refractivity contribution < 1.29 is 19.0 Å². The Balaban J connectivity index is 2.54. The number of hydrogen-bond acceptors (Lipinski definition) is 2. The molecule has 0 aliphatic rings. The lowest BCUT2D eigenvalue weighted by Crippen LogP contribution is -1.96. The summed E-state index contributed by atoms with van der Waals surface area (Å²) < 4.78 is 17.7. The summed E-state index contributed by atoms with van der Waals surface area (Å²) in [5.41, 5.74) is 0. The number of aliphatic carboxylic acids is 1. The fraction of sp³-hybridized carbons (Fsp3) is 0.100. The number of benzene rings is 1. The van der Waals surface area contributed by atoms with Gasteiger partial charge in [0.25, 0.3) is 0 Å². The maximum absolute atomic E-state index is 12.6. The van der Waals surface area contributed by atoms with E-state index in [4.69, 9.17) is 21.4 Å². The van der Waals surface area contributed by atoms with Crippen LogP contribution in [0.25, 0.3) is 0 Å². The molecule has 1 aromatic carbocycles. The first-order valence-electron chi connectivity index (χ1n) is 4.07. The normalized spacial score (nSPS) is 10.5. The van der Waals surface area contributed by atoms with Crippen LogP contribution in [-0.4, -0.2) is 17.7 Å². The molecule has 0 aliphatic carbocycles. The molecule has 15 heavy (non-hydrogen) atoms. The van der Waals surface area contributed by atoms with Gasteiger partial charge in [-0.3, -0.25) is 0 Å². The lowest BCUT2D eigenvalue weighted by atomic mass is 10.3. The first-order chi connectivity index (χ1) is 7.09. The number of carbonyl (C=O) groups is 1. The average molecular weight is 231 g/mol. The molecule has 1 rings (SSSR count). The summed E-state index contributed by atoms with van der Waals surface area (Å²) in [6.07, 6.45) is 2.28. The molecule has 1 aromatic rings. The molecular formula is C10H8ClFO3. The Labute approximate surface area is 90.7 Å². The molecule has 5 heteroatoms. The number of ether oxygens (including phenoxy) is 1. The fourth-order valence-electron chi connectivity index (χ4n) is 0.879. The van der Waals surface area contributed by atoms with E-state index in [0.29, 0.717) is 5.75 Å². The summed E-state index contributed by atoms with van der Waals surface area (Å²) in [7, 11) is 0. The highest BCUT2D eigenvalue weighted by molar-refractivity contribution is 6.32. The van der Waals surface area contributed by atoms with E-state index >= 15 is 0 Å². The van der Waals surface area contributed by atoms with Crippen LogP contribution in [0.5, 0.6) is 5.75 Å². The van der Waals surface area contributed by atoms with Crippen molar-refractivity contribution in [1.29, 1.82) is 0 Å². The molecule has 0 amide bonds. The van der Waals surface area contributed by atoms with Gasteiger partial charge in [0.1, 0.15) is 18.2 Å². The summed E-state index contributed by atoms with van der Waals surface area (Å²) in [6.45, 7) is 0.0671. The number of halogens is 2. The Hall–Kier alpha value is -1.55. The van der Waals surface area contributed by atoms with Crippen molar-refractivity contribution >= 4 is 17.6 Å². The van der Waals surface area contributed by atoms with Crippen LogP contribution in [0.4, 0.5) is 4.39 Å². The van der Waals surface area contributed by atoms with Crippen molar-refractivity contribution in [2.24, 2.45) is 0 Å². The predicted octanol–water partition coefficient (Wildman–Crippen LogP) is 2.50. The van der Waals surface area contributed by atoms with Gasteiger partial charge < -0.3 is 9.84 Å². The predicted molar refractivity (Wildman–Crippen MR) is 53.7 cm³/mol. The summed E-state index contributed by atoms with van der Waals surface area (Å²) >= 11 is 5.67. The third kappa shape index (κ3) is 3.99. The third-order valence-corrected chi connectivity index (χ3v) is 1.78. The fourth-order valence-corrected chi connectivity index (χ4v) is 1.10. The van der Waals surface area contributed by atoms with Gasteiger partial charge in [0, 0.05) is 6.08 Å². The molecule has 0 radical (unpaired) electrons. The molecule has 0 aliphatic heterocycles. The van der Waals surface area contributed by atoms with Crippen molar-refractivity contribution in [3.8, 4) is 5.75 Å². The molecule has 0 saturated heterocycles. The minimum atomic E-state index is -1.05. The van der Waals surface area contributed by atoms with E-state index in [-0.39, 0.29) is 11.6 Å². The second-order valence-corrected chi connectivity index (χ2v) is 3.03. The second-order valence-electron chi connectivity index (χ2n) is 2.63. The van der Waals surface area contributed by atoms with E-state index in [9.17, 15) is 9.18 Å². The lowest BCUT2D eigenvalue weighted by Gasteiger charge is -2.04. The monoisotopic (exact) mass is 230 g/mol. The van der Waals surface area contributed by atoms with Gasteiger partial charge in [-0.1, -0.05) is 11.6 Å². The zero-order chi connectivity index (χ0) is 11.3. The highest BCUT2D eigenvalue weighted by atomic mass is 35.5. The molecule has 80 valence electrons. The number of hydrogen-bond donors (Lipinski definition) is 1. The maximum atomic E-state index is 12.6. The third-order valence-electron chi connectivity index (χ3n) is 1.49. The van der Waals surface area contributed by atoms with Crippen molar-refractivity contribution in [2.45, 2.75) is 0 Å². The summed E-state index contributed by atoms with van der Waals surface area (Å²) in [4.78, 5) is 10.1. The van der Waals surface area contributed by atoms with Gasteiger partial charge in [0.2, 0.25) is 0 Å². The molecule has 0 saturated carbocycles. The van der Waals surface area contributed by atoms with Crippen LogP contribution in [-0.2, 0) is 4.79 Å². The first-order valence-corrected chi connectivity index (χ1v) is 4.44. The minimum Gasteiger partial charge on any atom is -0.488 e. The number of carboxylic acids is 1. The quantitative estimate of drug-likeness (QED) is 0.809. The highest BCUT2D eigenvalue weighted by Crippen LogP contribution is 2.24. The van der Waals surface area contributed by atoms with Gasteiger partial charge in [-0.15, -0.1) is 0 Å². The highest BCUT2D eigenvalue weighted by Gasteiger charge is 2.01. The minimum absolute atomic E-state index is 0.0671. The van der Waals surface area contributed by atoms with Crippen molar-refractivity contribution in [1.82, 2.24) is 0 Å². The van der Waals surface area contributed by atoms with Crippen molar-refractivity contribution in [2.75, 3.05) is 6.61 Å². The topological polar surface area (TPSA) is 46.5 Å². The Bertz CT molecular complexity index is 390. The molecule has 0 spiro atoms. The summed E-state index contributed by atoms with van der Waals surface area (Å²) in [6, 6.07) is 3.71. The standard InChI is InChI=1S/C10H8ClFO3/c11-8-6-7(12)3-4-9(8)15-5-1-2-10(13)14/h1-4,6H,5H2,(H,13,14)/b2-1+. The molecule has 0 atom stereocenters. The van der Waals surface area contributed by atoms with Crippen LogP contribution >= 0.6 is 11.6 Å². The van der Waals surface area contributed by atoms with Gasteiger partial charge >= 0.3 is 5.97 Å². The zero-order valence-corrected chi connectivity index (χ0v) is 8.37.